The van der Waals surface area contributed by atoms with Gasteiger partial charge in [-0.25, -0.2) is 0 Å². The third-order valence-electron chi connectivity index (χ3n) is 3.80. The topological polar surface area (TPSA) is 68.0 Å². The molecule has 1 aromatic heterocycles. The van der Waals surface area contributed by atoms with Crippen LogP contribution in [0.1, 0.15) is 18.4 Å². The van der Waals surface area contributed by atoms with Crippen LogP contribution in [0.2, 0.25) is 5.02 Å². The minimum absolute atomic E-state index is 0.0607. The first-order chi connectivity index (χ1) is 12.1. The van der Waals surface area contributed by atoms with Crippen LogP contribution in [-0.4, -0.2) is 16.1 Å². The quantitative estimate of drug-likeness (QED) is 0.728. The van der Waals surface area contributed by atoms with Crippen LogP contribution < -0.4 is 5.32 Å². The van der Waals surface area contributed by atoms with Gasteiger partial charge in [0.15, 0.2) is 0 Å². The molecule has 0 spiro atoms. The lowest BCUT2D eigenvalue weighted by atomic mass is 10.0. The van der Waals surface area contributed by atoms with Gasteiger partial charge in [-0.2, -0.15) is 0 Å². The smallest absolute Gasteiger partial charge is 0.247 e. The SMILES string of the molecule is CC(Cc1ccc(Cl)cc1)C(=O)NCc1nnc(-c2ccccc2)o1. The Bertz CT molecular complexity index is 831. The zero-order valence-electron chi connectivity index (χ0n) is 13.8. The van der Waals surface area contributed by atoms with Gasteiger partial charge in [0.05, 0.1) is 6.54 Å². The molecule has 6 heteroatoms. The summed E-state index contributed by atoms with van der Waals surface area (Å²) >= 11 is 5.87. The normalized spacial score (nSPS) is 11.9. The van der Waals surface area contributed by atoms with Gasteiger partial charge in [-0.05, 0) is 36.2 Å². The molecule has 1 amide bonds. The fourth-order valence-corrected chi connectivity index (χ4v) is 2.55. The van der Waals surface area contributed by atoms with Gasteiger partial charge < -0.3 is 9.73 Å². The van der Waals surface area contributed by atoms with Crippen LogP contribution in [0.25, 0.3) is 11.5 Å². The van der Waals surface area contributed by atoms with E-state index in [0.717, 1.165) is 11.1 Å². The number of carbonyl (C=O) groups excluding carboxylic acids is 1. The summed E-state index contributed by atoms with van der Waals surface area (Å²) < 4.78 is 5.58. The van der Waals surface area contributed by atoms with E-state index in [1.165, 1.54) is 0 Å². The van der Waals surface area contributed by atoms with Crippen molar-refractivity contribution in [3.63, 3.8) is 0 Å². The lowest BCUT2D eigenvalue weighted by Crippen LogP contribution is -2.30. The van der Waals surface area contributed by atoms with Crippen molar-refractivity contribution in [2.45, 2.75) is 19.9 Å². The summed E-state index contributed by atoms with van der Waals surface area (Å²) in [5, 5.41) is 11.5. The summed E-state index contributed by atoms with van der Waals surface area (Å²) in [6.07, 6.45) is 0.641. The summed E-state index contributed by atoms with van der Waals surface area (Å²) in [5.74, 6) is 0.594. The molecule has 2 aromatic carbocycles. The van der Waals surface area contributed by atoms with Crippen LogP contribution >= 0.6 is 11.6 Å². The Morgan fingerprint density at radius 2 is 1.84 bits per heavy atom. The van der Waals surface area contributed by atoms with Crippen LogP contribution in [0.4, 0.5) is 0 Å². The van der Waals surface area contributed by atoms with E-state index in [1.54, 1.807) is 0 Å². The predicted molar refractivity (Wildman–Crippen MR) is 95.9 cm³/mol. The number of benzene rings is 2. The van der Waals surface area contributed by atoms with Gasteiger partial charge in [-0.1, -0.05) is 48.9 Å². The highest BCUT2D eigenvalue weighted by atomic mass is 35.5. The number of carbonyl (C=O) groups is 1. The molecule has 0 fully saturated rings. The number of hydrogen-bond donors (Lipinski definition) is 1. The highest BCUT2D eigenvalue weighted by molar-refractivity contribution is 6.30. The molecule has 0 aliphatic heterocycles. The van der Waals surface area contributed by atoms with Crippen molar-refractivity contribution in [2.75, 3.05) is 0 Å². The molecule has 0 saturated carbocycles. The summed E-state index contributed by atoms with van der Waals surface area (Å²) in [6.45, 7) is 2.09. The maximum absolute atomic E-state index is 12.2. The van der Waals surface area contributed by atoms with E-state index in [9.17, 15) is 4.79 Å². The van der Waals surface area contributed by atoms with E-state index in [2.05, 4.69) is 15.5 Å². The molecule has 1 heterocycles. The number of nitrogens with one attached hydrogen (secondary N) is 1. The molecule has 128 valence electrons. The first-order valence-electron chi connectivity index (χ1n) is 8.02. The lowest BCUT2D eigenvalue weighted by molar-refractivity contribution is -0.124. The second-order valence-corrected chi connectivity index (χ2v) is 6.25. The first kappa shape index (κ1) is 17.2. The van der Waals surface area contributed by atoms with Crippen molar-refractivity contribution in [2.24, 2.45) is 5.92 Å². The Morgan fingerprint density at radius 1 is 1.12 bits per heavy atom. The van der Waals surface area contributed by atoms with Crippen molar-refractivity contribution in [3.05, 3.63) is 71.1 Å². The highest BCUT2D eigenvalue weighted by Gasteiger charge is 2.15. The molecular formula is C19H18ClN3O2. The van der Waals surface area contributed by atoms with Crippen molar-refractivity contribution < 1.29 is 9.21 Å². The van der Waals surface area contributed by atoms with Crippen LogP contribution in [0.5, 0.6) is 0 Å². The maximum atomic E-state index is 12.2. The molecule has 0 bridgehead atoms. The first-order valence-corrected chi connectivity index (χ1v) is 8.39. The standard InChI is InChI=1S/C19H18ClN3O2/c1-13(11-14-7-9-16(20)10-8-14)18(24)21-12-17-22-23-19(25-17)15-5-3-2-4-6-15/h2-10,13H,11-12H2,1H3,(H,21,24). The number of amides is 1. The Labute approximate surface area is 151 Å². The molecule has 3 aromatic rings. The molecule has 0 saturated heterocycles. The van der Waals surface area contributed by atoms with Gasteiger partial charge in [0.1, 0.15) is 0 Å². The van der Waals surface area contributed by atoms with Gasteiger partial charge in [0, 0.05) is 16.5 Å². The average molecular weight is 356 g/mol. The van der Waals surface area contributed by atoms with Crippen molar-refractivity contribution in [1.82, 2.24) is 15.5 Å². The van der Waals surface area contributed by atoms with Crippen molar-refractivity contribution in [3.8, 4) is 11.5 Å². The van der Waals surface area contributed by atoms with Crippen molar-refractivity contribution >= 4 is 17.5 Å². The minimum atomic E-state index is -0.169. The molecule has 0 aliphatic carbocycles. The third kappa shape index (κ3) is 4.67. The van der Waals surface area contributed by atoms with Gasteiger partial charge >= 0.3 is 0 Å². The van der Waals surface area contributed by atoms with Crippen molar-refractivity contribution in [1.29, 1.82) is 0 Å². The number of aromatic nitrogens is 2. The van der Waals surface area contributed by atoms with E-state index in [4.69, 9.17) is 16.0 Å². The predicted octanol–water partition coefficient (Wildman–Crippen LogP) is 3.89. The Hall–Kier alpha value is -2.66. The molecule has 5 nitrogen and oxygen atoms in total. The summed E-state index contributed by atoms with van der Waals surface area (Å²) in [6, 6.07) is 17.0. The number of nitrogens with zero attached hydrogens (tertiary/aromatic N) is 2. The fraction of sp³-hybridized carbons (Fsp3) is 0.211. The Morgan fingerprint density at radius 3 is 2.56 bits per heavy atom. The Kier molecular flexibility index (Phi) is 5.46. The van der Waals surface area contributed by atoms with E-state index in [0.29, 0.717) is 23.2 Å². The van der Waals surface area contributed by atoms with E-state index < -0.39 is 0 Å². The van der Waals surface area contributed by atoms with Gasteiger partial charge in [0.2, 0.25) is 17.7 Å². The zero-order valence-corrected chi connectivity index (χ0v) is 14.5. The molecule has 0 aliphatic rings. The van der Waals surface area contributed by atoms with Gasteiger partial charge in [-0.15, -0.1) is 10.2 Å². The van der Waals surface area contributed by atoms with E-state index >= 15 is 0 Å². The van der Waals surface area contributed by atoms with Gasteiger partial charge in [-0.3, -0.25) is 4.79 Å². The van der Waals surface area contributed by atoms with E-state index in [-0.39, 0.29) is 18.4 Å². The molecule has 1 N–H and O–H groups in total. The number of rotatable bonds is 6. The highest BCUT2D eigenvalue weighted by Crippen LogP contribution is 2.17. The fourth-order valence-electron chi connectivity index (χ4n) is 2.43. The zero-order chi connectivity index (χ0) is 17.6. The average Bonchev–Trinajstić information content (AvgIpc) is 3.11. The number of hydrogen-bond acceptors (Lipinski definition) is 4. The molecular weight excluding hydrogens is 338 g/mol. The molecule has 1 unspecified atom stereocenters. The summed E-state index contributed by atoms with van der Waals surface area (Å²) in [4.78, 5) is 12.2. The van der Waals surface area contributed by atoms with Crippen LogP contribution in [-0.2, 0) is 17.8 Å². The second-order valence-electron chi connectivity index (χ2n) is 5.82. The van der Waals surface area contributed by atoms with E-state index in [1.807, 2.05) is 61.5 Å². The number of halogens is 1. The Balaban J connectivity index is 1.53. The van der Waals surface area contributed by atoms with Crippen LogP contribution in [0, 0.1) is 5.92 Å². The largest absolute Gasteiger partial charge is 0.419 e. The molecule has 25 heavy (non-hydrogen) atoms. The lowest BCUT2D eigenvalue weighted by Gasteiger charge is -2.11. The second kappa shape index (κ2) is 7.94. The summed E-state index contributed by atoms with van der Waals surface area (Å²) in [5.41, 5.74) is 1.92. The third-order valence-corrected chi connectivity index (χ3v) is 4.06. The van der Waals surface area contributed by atoms with Crippen LogP contribution in [0.3, 0.4) is 0 Å². The monoisotopic (exact) mass is 355 g/mol. The van der Waals surface area contributed by atoms with Crippen LogP contribution in [0.15, 0.2) is 59.0 Å². The van der Waals surface area contributed by atoms with Gasteiger partial charge in [0.25, 0.3) is 0 Å². The molecule has 0 radical (unpaired) electrons. The molecule has 3 rings (SSSR count). The maximum Gasteiger partial charge on any atom is 0.247 e. The minimum Gasteiger partial charge on any atom is -0.419 e. The molecule has 1 atom stereocenters. The summed E-state index contributed by atoms with van der Waals surface area (Å²) in [7, 11) is 0.